The van der Waals surface area contributed by atoms with Crippen LogP contribution in [0.25, 0.3) is 11.1 Å². The highest BCUT2D eigenvalue weighted by Crippen LogP contribution is 2.43. The molecule has 98 valence electrons. The molecule has 0 bridgehead atoms. The van der Waals surface area contributed by atoms with Gasteiger partial charge >= 0.3 is 0 Å². The van der Waals surface area contributed by atoms with E-state index < -0.39 is 0 Å². The van der Waals surface area contributed by atoms with Gasteiger partial charge in [-0.1, -0.05) is 41.4 Å². The fraction of sp³-hybridized carbons (Fsp3) is 0.133. The van der Waals surface area contributed by atoms with Crippen molar-refractivity contribution in [2.75, 3.05) is 0 Å². The van der Waals surface area contributed by atoms with Gasteiger partial charge in [0, 0.05) is 5.56 Å². The van der Waals surface area contributed by atoms with Crippen molar-refractivity contribution in [3.63, 3.8) is 0 Å². The molecule has 0 fully saturated rings. The SMILES string of the molecule is Cc1c(Cl)c(O)c(Cl)c(C)c1-c1cccc(C=O)c1. The first-order valence-corrected chi connectivity index (χ1v) is 6.45. The van der Waals surface area contributed by atoms with Crippen LogP contribution in [0.3, 0.4) is 0 Å². The molecule has 0 saturated heterocycles. The zero-order valence-electron chi connectivity index (χ0n) is 10.5. The molecule has 1 N–H and O–H groups in total. The highest BCUT2D eigenvalue weighted by Gasteiger charge is 2.18. The van der Waals surface area contributed by atoms with Crippen molar-refractivity contribution in [2.45, 2.75) is 13.8 Å². The first-order valence-electron chi connectivity index (χ1n) is 5.70. The van der Waals surface area contributed by atoms with Crippen LogP contribution in [0.1, 0.15) is 21.5 Å². The second kappa shape index (κ2) is 5.24. The lowest BCUT2D eigenvalue weighted by atomic mass is 9.94. The van der Waals surface area contributed by atoms with E-state index in [9.17, 15) is 9.90 Å². The number of phenols is 1. The average molecular weight is 295 g/mol. The highest BCUT2D eigenvalue weighted by molar-refractivity contribution is 6.38. The minimum atomic E-state index is -0.103. The predicted molar refractivity (Wildman–Crippen MR) is 78.4 cm³/mol. The molecule has 2 nitrogen and oxygen atoms in total. The second-order valence-electron chi connectivity index (χ2n) is 4.34. The lowest BCUT2D eigenvalue weighted by Crippen LogP contribution is -1.93. The molecule has 4 heteroatoms. The smallest absolute Gasteiger partial charge is 0.153 e. The van der Waals surface area contributed by atoms with Crippen LogP contribution in [-0.4, -0.2) is 11.4 Å². The van der Waals surface area contributed by atoms with Gasteiger partial charge in [-0.3, -0.25) is 4.79 Å². The summed E-state index contributed by atoms with van der Waals surface area (Å²) < 4.78 is 0. The fourth-order valence-corrected chi connectivity index (χ4v) is 2.58. The summed E-state index contributed by atoms with van der Waals surface area (Å²) >= 11 is 12.2. The number of carbonyl (C=O) groups excluding carboxylic acids is 1. The van der Waals surface area contributed by atoms with Crippen molar-refractivity contribution < 1.29 is 9.90 Å². The van der Waals surface area contributed by atoms with Crippen molar-refractivity contribution in [3.05, 3.63) is 51.0 Å². The zero-order valence-corrected chi connectivity index (χ0v) is 12.0. The van der Waals surface area contributed by atoms with Crippen LogP contribution in [0.2, 0.25) is 10.0 Å². The molecular formula is C15H12Cl2O2. The third-order valence-electron chi connectivity index (χ3n) is 3.14. The lowest BCUT2D eigenvalue weighted by molar-refractivity contribution is 0.112. The van der Waals surface area contributed by atoms with E-state index in [1.165, 1.54) is 0 Å². The van der Waals surface area contributed by atoms with E-state index in [0.717, 1.165) is 28.5 Å². The van der Waals surface area contributed by atoms with Gasteiger partial charge < -0.3 is 5.11 Å². The Bertz CT molecular complexity index is 634. The number of carbonyl (C=O) groups is 1. The van der Waals surface area contributed by atoms with Gasteiger partial charge in [-0.25, -0.2) is 0 Å². The minimum absolute atomic E-state index is 0.103. The largest absolute Gasteiger partial charge is 0.505 e. The van der Waals surface area contributed by atoms with Crippen LogP contribution in [0, 0.1) is 13.8 Å². The Balaban J connectivity index is 2.78. The molecule has 0 aliphatic heterocycles. The second-order valence-corrected chi connectivity index (χ2v) is 5.10. The molecule has 0 atom stereocenters. The van der Waals surface area contributed by atoms with Crippen LogP contribution in [0.4, 0.5) is 0 Å². The summed E-state index contributed by atoms with van der Waals surface area (Å²) in [6, 6.07) is 7.18. The molecule has 0 heterocycles. The van der Waals surface area contributed by atoms with Gasteiger partial charge in [-0.05, 0) is 42.2 Å². The summed E-state index contributed by atoms with van der Waals surface area (Å²) in [6.07, 6.45) is 0.789. The van der Waals surface area contributed by atoms with Crippen LogP contribution < -0.4 is 0 Å². The monoisotopic (exact) mass is 294 g/mol. The van der Waals surface area contributed by atoms with E-state index in [1.54, 1.807) is 18.2 Å². The molecule has 0 aromatic heterocycles. The maximum Gasteiger partial charge on any atom is 0.153 e. The van der Waals surface area contributed by atoms with Crippen molar-refractivity contribution in [2.24, 2.45) is 0 Å². The summed E-state index contributed by atoms with van der Waals surface area (Å²) in [7, 11) is 0. The first-order chi connectivity index (χ1) is 8.97. The van der Waals surface area contributed by atoms with E-state index in [1.807, 2.05) is 19.9 Å². The summed E-state index contributed by atoms with van der Waals surface area (Å²) in [5.41, 5.74) is 3.75. The fourth-order valence-electron chi connectivity index (χ4n) is 2.15. The van der Waals surface area contributed by atoms with Gasteiger partial charge in [-0.15, -0.1) is 0 Å². The maximum absolute atomic E-state index is 10.9. The summed E-state index contributed by atoms with van der Waals surface area (Å²) in [6.45, 7) is 3.63. The Kier molecular flexibility index (Phi) is 3.83. The summed E-state index contributed by atoms with van der Waals surface area (Å²) in [5, 5.41) is 10.3. The number of hydrogen-bond acceptors (Lipinski definition) is 2. The lowest BCUT2D eigenvalue weighted by Gasteiger charge is -2.15. The molecule has 0 unspecified atom stereocenters. The van der Waals surface area contributed by atoms with Crippen LogP contribution in [-0.2, 0) is 0 Å². The Morgan fingerprint density at radius 2 is 1.68 bits per heavy atom. The number of phenolic OH excluding ortho intramolecular Hbond substituents is 1. The van der Waals surface area contributed by atoms with E-state index in [0.29, 0.717) is 5.56 Å². The Morgan fingerprint density at radius 1 is 1.11 bits per heavy atom. The topological polar surface area (TPSA) is 37.3 Å². The van der Waals surface area contributed by atoms with Gasteiger partial charge in [0.25, 0.3) is 0 Å². The normalized spacial score (nSPS) is 10.5. The number of hydrogen-bond donors (Lipinski definition) is 1. The Hall–Kier alpha value is -1.51. The van der Waals surface area contributed by atoms with Crippen molar-refractivity contribution in [1.29, 1.82) is 0 Å². The average Bonchev–Trinajstić information content (AvgIpc) is 2.43. The summed E-state index contributed by atoms with van der Waals surface area (Å²) in [5.74, 6) is -0.103. The molecule has 0 spiro atoms. The van der Waals surface area contributed by atoms with Gasteiger partial charge in [0.15, 0.2) is 5.75 Å². The molecule has 0 radical (unpaired) electrons. The maximum atomic E-state index is 10.9. The number of rotatable bonds is 2. The molecule has 19 heavy (non-hydrogen) atoms. The summed E-state index contributed by atoms with van der Waals surface area (Å²) in [4.78, 5) is 10.9. The van der Waals surface area contributed by atoms with Crippen LogP contribution >= 0.6 is 23.2 Å². The van der Waals surface area contributed by atoms with Crippen molar-refractivity contribution in [3.8, 4) is 16.9 Å². The molecule has 0 amide bonds. The molecule has 0 saturated carbocycles. The van der Waals surface area contributed by atoms with Crippen LogP contribution in [0.5, 0.6) is 5.75 Å². The molecular weight excluding hydrogens is 283 g/mol. The third-order valence-corrected chi connectivity index (χ3v) is 4.06. The molecule has 2 aromatic carbocycles. The number of halogens is 2. The van der Waals surface area contributed by atoms with E-state index in [2.05, 4.69) is 0 Å². The van der Waals surface area contributed by atoms with Gasteiger partial charge in [0.05, 0.1) is 10.0 Å². The number of benzene rings is 2. The predicted octanol–water partition coefficient (Wildman–Crippen LogP) is 4.80. The van der Waals surface area contributed by atoms with E-state index >= 15 is 0 Å². The van der Waals surface area contributed by atoms with Gasteiger partial charge in [0.2, 0.25) is 0 Å². The number of aromatic hydroxyl groups is 1. The van der Waals surface area contributed by atoms with Crippen molar-refractivity contribution >= 4 is 29.5 Å². The van der Waals surface area contributed by atoms with E-state index in [4.69, 9.17) is 23.2 Å². The minimum Gasteiger partial charge on any atom is -0.505 e. The molecule has 0 aliphatic carbocycles. The first kappa shape index (κ1) is 13.9. The standard InChI is InChI=1S/C15H12Cl2O2/c1-8-12(9(2)14(17)15(19)13(8)16)11-5-3-4-10(6-11)7-18/h3-7,19H,1-2H3. The molecule has 2 rings (SSSR count). The van der Waals surface area contributed by atoms with E-state index in [-0.39, 0.29) is 15.8 Å². The van der Waals surface area contributed by atoms with Crippen LogP contribution in [0.15, 0.2) is 24.3 Å². The third kappa shape index (κ3) is 2.34. The molecule has 0 aliphatic rings. The Labute approximate surface area is 121 Å². The van der Waals surface area contributed by atoms with Gasteiger partial charge in [-0.2, -0.15) is 0 Å². The molecule has 2 aromatic rings. The quantitative estimate of drug-likeness (QED) is 0.808. The van der Waals surface area contributed by atoms with Crippen molar-refractivity contribution in [1.82, 2.24) is 0 Å². The number of aldehydes is 1. The Morgan fingerprint density at radius 3 is 2.21 bits per heavy atom. The zero-order chi connectivity index (χ0) is 14.2. The van der Waals surface area contributed by atoms with Gasteiger partial charge in [0.1, 0.15) is 6.29 Å². The highest BCUT2D eigenvalue weighted by atomic mass is 35.5.